The molecule has 1 amide bonds. The van der Waals surface area contributed by atoms with Gasteiger partial charge in [-0.3, -0.25) is 9.69 Å². The molecule has 5 heteroatoms. The number of rotatable bonds is 5. The van der Waals surface area contributed by atoms with Crippen LogP contribution in [-0.2, 0) is 16.1 Å². The van der Waals surface area contributed by atoms with Crippen LogP contribution in [0.15, 0.2) is 24.3 Å². The van der Waals surface area contributed by atoms with E-state index in [1.165, 1.54) is 6.07 Å². The minimum Gasteiger partial charge on any atom is -0.384 e. The van der Waals surface area contributed by atoms with Gasteiger partial charge in [0.15, 0.2) is 0 Å². The van der Waals surface area contributed by atoms with Gasteiger partial charge in [0.1, 0.15) is 5.82 Å². The van der Waals surface area contributed by atoms with Crippen LogP contribution in [0.2, 0.25) is 0 Å². The molecular formula is C18H25FN2O2. The second kappa shape index (κ2) is 6.97. The molecule has 4 nitrogen and oxygen atoms in total. The van der Waals surface area contributed by atoms with E-state index in [0.717, 1.165) is 44.6 Å². The van der Waals surface area contributed by atoms with Crippen molar-refractivity contribution in [3.05, 3.63) is 35.6 Å². The van der Waals surface area contributed by atoms with Crippen LogP contribution < -0.4 is 0 Å². The number of ether oxygens (including phenoxy) is 1. The predicted octanol–water partition coefficient (Wildman–Crippen LogP) is 2.29. The molecule has 1 unspecified atom stereocenters. The van der Waals surface area contributed by atoms with Crippen LogP contribution in [0.5, 0.6) is 0 Å². The average molecular weight is 320 g/mol. The molecule has 0 aromatic heterocycles. The van der Waals surface area contributed by atoms with Crippen molar-refractivity contribution in [1.82, 2.24) is 9.80 Å². The van der Waals surface area contributed by atoms with Crippen LogP contribution in [0.1, 0.15) is 24.8 Å². The summed E-state index contributed by atoms with van der Waals surface area (Å²) in [5.41, 5.74) is 0.962. The summed E-state index contributed by atoms with van der Waals surface area (Å²) in [6, 6.07) is 6.99. The third-order valence-electron chi connectivity index (χ3n) is 5.18. The van der Waals surface area contributed by atoms with E-state index in [1.807, 2.05) is 17.0 Å². The van der Waals surface area contributed by atoms with Crippen molar-refractivity contribution in [2.75, 3.05) is 39.9 Å². The fourth-order valence-corrected chi connectivity index (χ4v) is 3.86. The minimum absolute atomic E-state index is 0.128. The summed E-state index contributed by atoms with van der Waals surface area (Å²) in [6.45, 7) is 4.76. The third kappa shape index (κ3) is 3.72. The second-order valence-corrected chi connectivity index (χ2v) is 6.86. The predicted molar refractivity (Wildman–Crippen MR) is 86.4 cm³/mol. The number of carbonyl (C=O) groups excluding carboxylic acids is 1. The maximum absolute atomic E-state index is 13.8. The van der Waals surface area contributed by atoms with Gasteiger partial charge in [0.25, 0.3) is 0 Å². The highest BCUT2D eigenvalue weighted by Crippen LogP contribution is 2.40. The number of likely N-dealkylation sites (tertiary alicyclic amines) is 2. The Hall–Kier alpha value is -1.46. The molecule has 126 valence electrons. The summed E-state index contributed by atoms with van der Waals surface area (Å²) < 4.78 is 18.8. The van der Waals surface area contributed by atoms with E-state index in [9.17, 15) is 9.18 Å². The van der Waals surface area contributed by atoms with Gasteiger partial charge in [0.2, 0.25) is 5.91 Å². The number of carbonyl (C=O) groups is 1. The van der Waals surface area contributed by atoms with Gasteiger partial charge in [-0.15, -0.1) is 0 Å². The van der Waals surface area contributed by atoms with Crippen LogP contribution in [0.4, 0.5) is 4.39 Å². The van der Waals surface area contributed by atoms with Crippen molar-refractivity contribution in [1.29, 1.82) is 0 Å². The van der Waals surface area contributed by atoms with E-state index in [2.05, 4.69) is 4.90 Å². The summed E-state index contributed by atoms with van der Waals surface area (Å²) >= 11 is 0. The normalized spacial score (nSPS) is 24.7. The second-order valence-electron chi connectivity index (χ2n) is 6.86. The van der Waals surface area contributed by atoms with Crippen molar-refractivity contribution >= 4 is 5.91 Å². The number of benzene rings is 1. The highest BCUT2D eigenvalue weighted by Gasteiger charge is 2.44. The summed E-state index contributed by atoms with van der Waals surface area (Å²) in [5.74, 6) is 0.0625. The van der Waals surface area contributed by atoms with Crippen molar-refractivity contribution in [2.45, 2.75) is 25.8 Å². The molecule has 2 heterocycles. The van der Waals surface area contributed by atoms with E-state index >= 15 is 0 Å². The van der Waals surface area contributed by atoms with Gasteiger partial charge >= 0.3 is 0 Å². The molecule has 23 heavy (non-hydrogen) atoms. The lowest BCUT2D eigenvalue weighted by Gasteiger charge is -2.25. The lowest BCUT2D eigenvalue weighted by Crippen LogP contribution is -2.34. The molecule has 2 fully saturated rings. The van der Waals surface area contributed by atoms with Crippen molar-refractivity contribution in [2.24, 2.45) is 5.41 Å². The molecule has 0 radical (unpaired) electrons. The zero-order chi connectivity index (χ0) is 16.3. The van der Waals surface area contributed by atoms with Crippen molar-refractivity contribution in [3.63, 3.8) is 0 Å². The quantitative estimate of drug-likeness (QED) is 0.834. The number of hydrogen-bond acceptors (Lipinski definition) is 3. The highest BCUT2D eigenvalue weighted by atomic mass is 19.1. The van der Waals surface area contributed by atoms with Gasteiger partial charge in [0.05, 0.1) is 13.0 Å². The van der Waals surface area contributed by atoms with Crippen LogP contribution in [-0.4, -0.2) is 55.6 Å². The third-order valence-corrected chi connectivity index (χ3v) is 5.18. The Balaban J connectivity index is 1.55. The van der Waals surface area contributed by atoms with E-state index in [4.69, 9.17) is 4.74 Å². The van der Waals surface area contributed by atoms with E-state index in [1.54, 1.807) is 13.2 Å². The monoisotopic (exact) mass is 320 g/mol. The Morgan fingerprint density at radius 3 is 2.83 bits per heavy atom. The molecule has 0 N–H and O–H groups in total. The maximum atomic E-state index is 13.8. The zero-order valence-electron chi connectivity index (χ0n) is 13.8. The Labute approximate surface area is 137 Å². The summed E-state index contributed by atoms with van der Waals surface area (Å²) in [5, 5.41) is 0. The standard InChI is InChI=1S/C18H25FN2O2/c1-23-11-6-17(22)21-10-8-18(14-21)7-9-20(13-18)12-15-4-2-3-5-16(15)19/h2-5H,6-14H2,1H3. The fraction of sp³-hybridized carbons (Fsp3) is 0.611. The van der Waals surface area contributed by atoms with E-state index in [0.29, 0.717) is 19.6 Å². The van der Waals surface area contributed by atoms with Gasteiger partial charge < -0.3 is 9.64 Å². The lowest BCUT2D eigenvalue weighted by atomic mass is 9.86. The first-order valence-corrected chi connectivity index (χ1v) is 8.34. The van der Waals surface area contributed by atoms with Crippen LogP contribution in [0.25, 0.3) is 0 Å². The topological polar surface area (TPSA) is 32.8 Å². The molecule has 0 saturated carbocycles. The Morgan fingerprint density at radius 1 is 1.26 bits per heavy atom. The number of hydrogen-bond donors (Lipinski definition) is 0. The summed E-state index contributed by atoms with van der Waals surface area (Å²) in [7, 11) is 1.62. The average Bonchev–Trinajstić information content (AvgIpc) is 3.15. The van der Waals surface area contributed by atoms with Crippen LogP contribution >= 0.6 is 0 Å². The molecule has 1 spiro atoms. The van der Waals surface area contributed by atoms with E-state index in [-0.39, 0.29) is 17.1 Å². The molecule has 1 aromatic rings. The molecule has 2 saturated heterocycles. The van der Waals surface area contributed by atoms with Crippen molar-refractivity contribution in [3.8, 4) is 0 Å². The molecule has 3 rings (SSSR count). The zero-order valence-corrected chi connectivity index (χ0v) is 13.8. The molecule has 0 aliphatic carbocycles. The van der Waals surface area contributed by atoms with Crippen molar-refractivity contribution < 1.29 is 13.9 Å². The molecule has 1 aromatic carbocycles. The van der Waals surface area contributed by atoms with Crippen LogP contribution in [0, 0.1) is 11.2 Å². The number of amides is 1. The highest BCUT2D eigenvalue weighted by molar-refractivity contribution is 5.76. The van der Waals surface area contributed by atoms with E-state index < -0.39 is 0 Å². The maximum Gasteiger partial charge on any atom is 0.224 e. The van der Waals surface area contributed by atoms with Gasteiger partial charge in [-0.05, 0) is 25.5 Å². The van der Waals surface area contributed by atoms with Gasteiger partial charge in [-0.25, -0.2) is 4.39 Å². The molecular weight excluding hydrogens is 295 g/mol. The van der Waals surface area contributed by atoms with Gasteiger partial charge in [-0.1, -0.05) is 18.2 Å². The molecule has 2 aliphatic heterocycles. The number of nitrogens with zero attached hydrogens (tertiary/aromatic N) is 2. The Kier molecular flexibility index (Phi) is 4.97. The SMILES string of the molecule is COCCC(=O)N1CCC2(CCN(Cc3ccccc3F)C2)C1. The number of halogens is 1. The first kappa shape index (κ1) is 16.4. The number of methoxy groups -OCH3 is 1. The largest absolute Gasteiger partial charge is 0.384 e. The Morgan fingerprint density at radius 2 is 2.04 bits per heavy atom. The first-order valence-electron chi connectivity index (χ1n) is 8.34. The Bertz CT molecular complexity index is 566. The fourth-order valence-electron chi connectivity index (χ4n) is 3.86. The molecule has 2 aliphatic rings. The molecule has 1 atom stereocenters. The smallest absolute Gasteiger partial charge is 0.224 e. The van der Waals surface area contributed by atoms with Crippen LogP contribution in [0.3, 0.4) is 0 Å². The summed E-state index contributed by atoms with van der Waals surface area (Å²) in [6.07, 6.45) is 2.61. The summed E-state index contributed by atoms with van der Waals surface area (Å²) in [4.78, 5) is 16.4. The minimum atomic E-state index is -0.128. The molecule has 0 bridgehead atoms. The first-order chi connectivity index (χ1) is 11.1. The lowest BCUT2D eigenvalue weighted by molar-refractivity contribution is -0.131. The van der Waals surface area contributed by atoms with Gasteiger partial charge in [-0.2, -0.15) is 0 Å². The van der Waals surface area contributed by atoms with Gasteiger partial charge in [0, 0.05) is 44.3 Å².